The summed E-state index contributed by atoms with van der Waals surface area (Å²) >= 11 is 0. The second kappa shape index (κ2) is 15.7. The predicted molar refractivity (Wildman–Crippen MR) is 287 cm³/mol. The molecule has 14 aromatic rings. The molecule has 3 aromatic heterocycles. The van der Waals surface area contributed by atoms with Crippen molar-refractivity contribution in [3.8, 4) is 67.4 Å². The Hall–Kier alpha value is -9.25. The number of benzene rings is 11. The molecule has 11 aromatic carbocycles. The van der Waals surface area contributed by atoms with E-state index in [0.717, 1.165) is 94.1 Å². The molecule has 0 unspecified atom stereocenters. The van der Waals surface area contributed by atoms with Gasteiger partial charge >= 0.3 is 0 Å². The molecule has 0 saturated heterocycles. The molecular formula is C65H39N3O. The maximum Gasteiger partial charge on any atom is 0.160 e. The van der Waals surface area contributed by atoms with Gasteiger partial charge in [0, 0.05) is 54.7 Å². The van der Waals surface area contributed by atoms with Gasteiger partial charge in [0.1, 0.15) is 11.2 Å². The van der Waals surface area contributed by atoms with E-state index in [2.05, 4.69) is 212 Å². The molecule has 0 aliphatic rings. The van der Waals surface area contributed by atoms with Crippen LogP contribution in [0.25, 0.3) is 143 Å². The fraction of sp³-hybridized carbons (Fsp3) is 0. The second-order valence-electron chi connectivity index (χ2n) is 17.8. The van der Waals surface area contributed by atoms with Crippen LogP contribution in [0.2, 0.25) is 0 Å². The van der Waals surface area contributed by atoms with E-state index < -0.39 is 0 Å². The Balaban J connectivity index is 0.984. The van der Waals surface area contributed by atoms with Gasteiger partial charge in [-0.3, -0.25) is 0 Å². The molecule has 14 rings (SSSR count). The lowest BCUT2D eigenvalue weighted by Crippen LogP contribution is -1.97. The van der Waals surface area contributed by atoms with Crippen molar-refractivity contribution in [2.45, 2.75) is 0 Å². The van der Waals surface area contributed by atoms with Gasteiger partial charge < -0.3 is 4.42 Å². The van der Waals surface area contributed by atoms with Crippen molar-refractivity contribution in [1.29, 1.82) is 0 Å². The van der Waals surface area contributed by atoms with Crippen molar-refractivity contribution in [3.63, 3.8) is 0 Å². The highest BCUT2D eigenvalue weighted by atomic mass is 16.3. The van der Waals surface area contributed by atoms with Crippen molar-refractivity contribution in [2.24, 2.45) is 0 Å². The maximum absolute atomic E-state index is 6.75. The summed E-state index contributed by atoms with van der Waals surface area (Å²) in [5.74, 6) is 0.668. The maximum atomic E-state index is 6.75. The third-order valence-corrected chi connectivity index (χ3v) is 13.8. The van der Waals surface area contributed by atoms with Crippen LogP contribution < -0.4 is 0 Å². The highest BCUT2D eigenvalue weighted by molar-refractivity contribution is 6.28. The van der Waals surface area contributed by atoms with Gasteiger partial charge in [0.25, 0.3) is 0 Å². The third kappa shape index (κ3) is 6.41. The van der Waals surface area contributed by atoms with E-state index in [1.54, 1.807) is 0 Å². The fourth-order valence-corrected chi connectivity index (χ4v) is 10.6. The molecule has 0 fully saturated rings. The van der Waals surface area contributed by atoms with Gasteiger partial charge in [-0.1, -0.05) is 200 Å². The molecule has 0 amide bonds. The predicted octanol–water partition coefficient (Wildman–Crippen LogP) is 17.5. The molecule has 0 spiro atoms. The molecule has 0 aliphatic carbocycles. The average molecular weight is 878 g/mol. The first-order valence-electron chi connectivity index (χ1n) is 23.4. The lowest BCUT2D eigenvalue weighted by Gasteiger charge is -2.16. The lowest BCUT2D eigenvalue weighted by atomic mass is 9.88. The minimum atomic E-state index is 0.668. The second-order valence-corrected chi connectivity index (χ2v) is 17.8. The molecule has 3 heterocycles. The van der Waals surface area contributed by atoms with Crippen LogP contribution >= 0.6 is 0 Å². The smallest absolute Gasteiger partial charge is 0.160 e. The molecule has 0 radical (unpaired) electrons. The zero-order valence-electron chi connectivity index (χ0n) is 37.3. The van der Waals surface area contributed by atoms with E-state index >= 15 is 0 Å². The number of hydrogen-bond acceptors (Lipinski definition) is 4. The Labute approximate surface area is 397 Å². The molecule has 0 saturated carbocycles. The number of fused-ring (bicyclic) bond motifs is 12. The van der Waals surface area contributed by atoms with Crippen LogP contribution in [0.3, 0.4) is 0 Å². The van der Waals surface area contributed by atoms with Crippen LogP contribution in [-0.4, -0.2) is 15.0 Å². The molecule has 4 heteroatoms. The van der Waals surface area contributed by atoms with E-state index in [9.17, 15) is 0 Å². The van der Waals surface area contributed by atoms with Gasteiger partial charge in [0.05, 0.1) is 22.6 Å². The third-order valence-electron chi connectivity index (χ3n) is 13.8. The highest BCUT2D eigenvalue weighted by Gasteiger charge is 2.23. The Morgan fingerprint density at radius 2 is 0.768 bits per heavy atom. The number of aromatic nitrogens is 3. The van der Waals surface area contributed by atoms with Crippen molar-refractivity contribution in [1.82, 2.24) is 15.0 Å². The number of furan rings is 1. The molecule has 0 aliphatic heterocycles. The minimum absolute atomic E-state index is 0.668. The normalized spacial score (nSPS) is 11.8. The van der Waals surface area contributed by atoms with Crippen LogP contribution in [0, 0.1) is 0 Å². The molecule has 4 nitrogen and oxygen atoms in total. The molecular weight excluding hydrogens is 839 g/mol. The van der Waals surface area contributed by atoms with Crippen LogP contribution in [-0.2, 0) is 0 Å². The topological polar surface area (TPSA) is 51.8 Å². The Bertz CT molecular complexity index is 4310. The molecule has 69 heavy (non-hydrogen) atoms. The first-order valence-corrected chi connectivity index (χ1v) is 23.4. The van der Waals surface area contributed by atoms with Crippen molar-refractivity contribution < 1.29 is 4.42 Å². The van der Waals surface area contributed by atoms with E-state index in [1.165, 1.54) is 43.4 Å². The average Bonchev–Trinajstić information content (AvgIpc) is 3.81. The number of nitrogens with zero attached hydrogens (tertiary/aromatic N) is 3. The summed E-state index contributed by atoms with van der Waals surface area (Å²) in [6, 6.07) is 83.8. The molecule has 0 N–H and O–H groups in total. The molecule has 0 atom stereocenters. The van der Waals surface area contributed by atoms with E-state index in [4.69, 9.17) is 19.4 Å². The van der Waals surface area contributed by atoms with Gasteiger partial charge in [0.2, 0.25) is 0 Å². The summed E-state index contributed by atoms with van der Waals surface area (Å²) < 4.78 is 6.75. The van der Waals surface area contributed by atoms with E-state index in [-0.39, 0.29) is 0 Å². The van der Waals surface area contributed by atoms with Crippen LogP contribution in [0.15, 0.2) is 241 Å². The van der Waals surface area contributed by atoms with Gasteiger partial charge in [-0.15, -0.1) is 0 Å². The van der Waals surface area contributed by atoms with Crippen LogP contribution in [0.4, 0.5) is 0 Å². The highest BCUT2D eigenvalue weighted by Crippen LogP contribution is 2.47. The van der Waals surface area contributed by atoms with Gasteiger partial charge in [-0.25, -0.2) is 15.0 Å². The standard InChI is InChI=1S/C65H39N3O/c1-3-16-40(17-4-1)41-30-32-42(33-31-41)61-62-52-26-11-13-28-56(52)66-64(55(62)38-60-63(61)53-27-12-14-29-59(53)69-60)46-21-15-20-44(36-46)57-39-58(68-65(67-57)43-18-5-2-6-19-43)45-34-35-51-49-24-8-7-22-47(49)48-23-9-10-25-50(48)54(51)37-45/h1-39H. The zero-order valence-corrected chi connectivity index (χ0v) is 37.3. The summed E-state index contributed by atoms with van der Waals surface area (Å²) in [6.07, 6.45) is 0. The van der Waals surface area contributed by atoms with Crippen LogP contribution in [0.1, 0.15) is 0 Å². The van der Waals surface area contributed by atoms with Gasteiger partial charge in [-0.05, 0) is 85.4 Å². The largest absolute Gasteiger partial charge is 0.456 e. The van der Waals surface area contributed by atoms with Crippen molar-refractivity contribution in [2.75, 3.05) is 0 Å². The fourth-order valence-electron chi connectivity index (χ4n) is 10.6. The number of rotatable bonds is 6. The summed E-state index contributed by atoms with van der Waals surface area (Å²) in [7, 11) is 0. The summed E-state index contributed by atoms with van der Waals surface area (Å²) in [5, 5.41) is 12.8. The number of hydrogen-bond donors (Lipinski definition) is 0. The summed E-state index contributed by atoms with van der Waals surface area (Å²) in [5.41, 5.74) is 13.7. The van der Waals surface area contributed by atoms with Crippen molar-refractivity contribution >= 4 is 75.9 Å². The molecule has 0 bridgehead atoms. The summed E-state index contributed by atoms with van der Waals surface area (Å²) in [4.78, 5) is 16.1. The number of para-hydroxylation sites is 2. The number of pyridine rings is 1. The summed E-state index contributed by atoms with van der Waals surface area (Å²) in [6.45, 7) is 0. The minimum Gasteiger partial charge on any atom is -0.456 e. The molecule has 320 valence electrons. The van der Waals surface area contributed by atoms with Gasteiger partial charge in [0.15, 0.2) is 5.82 Å². The SMILES string of the molecule is c1ccc(-c2ccc(-c3c4c(cc5c(-c6cccc(-c7cc(-c8ccc9c%10ccccc%10c%10ccccc%10c9c8)nc(-c8ccccc8)n7)c6)nc6ccccc6c35)oc3ccccc34)cc2)cc1. The van der Waals surface area contributed by atoms with Crippen molar-refractivity contribution in [3.05, 3.63) is 237 Å². The monoisotopic (exact) mass is 877 g/mol. The Kier molecular flexibility index (Phi) is 8.86. The van der Waals surface area contributed by atoms with E-state index in [1.807, 2.05) is 24.3 Å². The van der Waals surface area contributed by atoms with E-state index in [0.29, 0.717) is 5.82 Å². The van der Waals surface area contributed by atoms with Gasteiger partial charge in [-0.2, -0.15) is 0 Å². The quantitative estimate of drug-likeness (QED) is 0.156. The Morgan fingerprint density at radius 1 is 0.261 bits per heavy atom. The first kappa shape index (κ1) is 39.0. The first-order chi connectivity index (χ1) is 34.2. The lowest BCUT2D eigenvalue weighted by molar-refractivity contribution is 0.669. The zero-order chi connectivity index (χ0) is 45.4. The Morgan fingerprint density at radius 3 is 1.48 bits per heavy atom. The van der Waals surface area contributed by atoms with Crippen LogP contribution in [0.5, 0.6) is 0 Å².